The van der Waals surface area contributed by atoms with Gasteiger partial charge < -0.3 is 5.32 Å². The number of nitrogens with one attached hydrogen (secondary N) is 1. The summed E-state index contributed by atoms with van der Waals surface area (Å²) in [4.78, 5) is 4.80. The van der Waals surface area contributed by atoms with Gasteiger partial charge in [0.15, 0.2) is 5.65 Å². The molecule has 0 atom stereocenters. The summed E-state index contributed by atoms with van der Waals surface area (Å²) in [6.45, 7) is 0. The van der Waals surface area contributed by atoms with E-state index in [9.17, 15) is 0 Å². The monoisotopic (exact) mass is 411 g/mol. The van der Waals surface area contributed by atoms with E-state index >= 15 is 0 Å². The first-order valence-electron chi connectivity index (χ1n) is 10.3. The number of hydrogen-bond donors (Lipinski definition) is 1. The van der Waals surface area contributed by atoms with Gasteiger partial charge >= 0.3 is 0 Å². The molecule has 1 aliphatic rings. The Kier molecular flexibility index (Phi) is 3.89. The van der Waals surface area contributed by atoms with Crippen molar-refractivity contribution in [3.63, 3.8) is 0 Å². The fourth-order valence-electron chi connectivity index (χ4n) is 3.89. The summed E-state index contributed by atoms with van der Waals surface area (Å²) in [5.41, 5.74) is 4.81. The van der Waals surface area contributed by atoms with Crippen LogP contribution in [0.25, 0.3) is 28.0 Å². The lowest BCUT2D eigenvalue weighted by Gasteiger charge is -2.11. The molecule has 154 valence electrons. The van der Waals surface area contributed by atoms with Crippen LogP contribution in [0.5, 0.6) is 0 Å². The van der Waals surface area contributed by atoms with Crippen LogP contribution in [0.2, 0.25) is 0 Å². The fourth-order valence-corrected chi connectivity index (χ4v) is 3.89. The van der Waals surface area contributed by atoms with E-state index in [2.05, 4.69) is 25.8 Å². The lowest BCUT2D eigenvalue weighted by Crippen LogP contribution is -2.06. The smallest absolute Gasteiger partial charge is 0.162 e. The van der Waals surface area contributed by atoms with Gasteiger partial charge in [-0.1, -0.05) is 35.5 Å². The van der Waals surface area contributed by atoms with Crippen molar-refractivity contribution in [1.29, 1.82) is 0 Å². The lowest BCUT2D eigenvalue weighted by molar-refractivity contribution is 0.765. The molecule has 0 saturated heterocycles. The third-order valence-corrected chi connectivity index (χ3v) is 5.69. The predicted molar refractivity (Wildman–Crippen MR) is 117 cm³/mol. The van der Waals surface area contributed by atoms with Crippen molar-refractivity contribution in [2.75, 3.05) is 5.32 Å². The molecule has 0 bridgehead atoms. The molecule has 1 N–H and O–H groups in total. The average molecular weight is 411 g/mol. The minimum absolute atomic E-state index is 0.525. The molecule has 1 aliphatic carbocycles. The zero-order valence-corrected chi connectivity index (χ0v) is 17.3. The third kappa shape index (κ3) is 3.05. The molecule has 1 aromatic carbocycles. The molecular weight excluding hydrogens is 390 g/mol. The zero-order chi connectivity index (χ0) is 20.9. The Morgan fingerprint density at radius 3 is 2.65 bits per heavy atom. The average Bonchev–Trinajstić information content (AvgIpc) is 3.22. The van der Waals surface area contributed by atoms with E-state index in [1.54, 1.807) is 4.68 Å². The molecule has 9 nitrogen and oxygen atoms in total. The predicted octanol–water partition coefficient (Wildman–Crippen LogP) is 3.57. The van der Waals surface area contributed by atoms with E-state index in [4.69, 9.17) is 4.98 Å². The van der Waals surface area contributed by atoms with Crippen molar-refractivity contribution in [3.05, 3.63) is 60.6 Å². The number of fused-ring (bicyclic) bond motifs is 1. The van der Waals surface area contributed by atoms with Gasteiger partial charge in [0, 0.05) is 37.7 Å². The molecule has 4 aromatic heterocycles. The third-order valence-electron chi connectivity index (χ3n) is 5.69. The second-order valence-corrected chi connectivity index (χ2v) is 7.91. The largest absolute Gasteiger partial charge is 0.325 e. The Morgan fingerprint density at radius 1 is 1.00 bits per heavy atom. The second kappa shape index (κ2) is 6.76. The van der Waals surface area contributed by atoms with Crippen molar-refractivity contribution in [3.8, 4) is 16.9 Å². The summed E-state index contributed by atoms with van der Waals surface area (Å²) in [6.07, 6.45) is 6.05. The Morgan fingerprint density at radius 2 is 1.84 bits per heavy atom. The summed E-state index contributed by atoms with van der Waals surface area (Å²) in [7, 11) is 3.81. The molecule has 0 amide bonds. The highest BCUT2D eigenvalue weighted by molar-refractivity contribution is 5.87. The van der Waals surface area contributed by atoms with Crippen LogP contribution >= 0.6 is 0 Å². The lowest BCUT2D eigenvalue weighted by atomic mass is 10.1. The fraction of sp³-hybridized carbons (Fsp3) is 0.227. The highest BCUT2D eigenvalue weighted by atomic mass is 15.4. The minimum Gasteiger partial charge on any atom is -0.325 e. The number of nitrogens with zero attached hydrogens (tertiary/aromatic N) is 8. The number of pyridine rings is 1. The van der Waals surface area contributed by atoms with Crippen LogP contribution in [0.15, 0.2) is 54.9 Å². The highest BCUT2D eigenvalue weighted by Crippen LogP contribution is 2.41. The molecular formula is C22H21N9. The topological polar surface area (TPSA) is 91.3 Å². The Balaban J connectivity index is 1.44. The van der Waals surface area contributed by atoms with E-state index in [1.807, 2.05) is 78.3 Å². The SMILES string of the molecule is Cn1nc(-c2ccccc2)cc1Nc1cc(-n2nncc2C2CC2)c2cnn(C)c2n1. The summed E-state index contributed by atoms with van der Waals surface area (Å²) >= 11 is 0. The van der Waals surface area contributed by atoms with Gasteiger partial charge in [-0.3, -0.25) is 9.36 Å². The van der Waals surface area contributed by atoms with Crippen LogP contribution in [0.1, 0.15) is 24.5 Å². The van der Waals surface area contributed by atoms with E-state index in [0.717, 1.165) is 39.5 Å². The van der Waals surface area contributed by atoms with Crippen LogP contribution < -0.4 is 5.32 Å². The van der Waals surface area contributed by atoms with Gasteiger partial charge in [0.1, 0.15) is 11.6 Å². The Labute approximate surface area is 178 Å². The molecule has 0 radical (unpaired) electrons. The van der Waals surface area contributed by atoms with Crippen molar-refractivity contribution < 1.29 is 0 Å². The van der Waals surface area contributed by atoms with Gasteiger partial charge in [-0.2, -0.15) is 10.2 Å². The molecule has 0 aliphatic heterocycles. The molecule has 9 heteroatoms. The molecule has 5 aromatic rings. The summed E-state index contributed by atoms with van der Waals surface area (Å²) < 4.78 is 5.52. The maximum atomic E-state index is 4.80. The second-order valence-electron chi connectivity index (χ2n) is 7.91. The van der Waals surface area contributed by atoms with Crippen LogP contribution in [0.3, 0.4) is 0 Å². The van der Waals surface area contributed by atoms with Gasteiger partial charge in [-0.05, 0) is 12.8 Å². The van der Waals surface area contributed by atoms with Crippen molar-refractivity contribution in [2.45, 2.75) is 18.8 Å². The first kappa shape index (κ1) is 17.8. The van der Waals surface area contributed by atoms with Crippen molar-refractivity contribution >= 4 is 22.7 Å². The normalized spacial score (nSPS) is 13.7. The number of rotatable bonds is 5. The van der Waals surface area contributed by atoms with E-state index in [1.165, 1.54) is 12.8 Å². The number of hydrogen-bond acceptors (Lipinski definition) is 6. The molecule has 31 heavy (non-hydrogen) atoms. The Bertz CT molecular complexity index is 1390. The van der Waals surface area contributed by atoms with E-state index in [-0.39, 0.29) is 0 Å². The van der Waals surface area contributed by atoms with Crippen LogP contribution in [-0.2, 0) is 14.1 Å². The van der Waals surface area contributed by atoms with E-state index < -0.39 is 0 Å². The molecule has 4 heterocycles. The number of aromatic nitrogens is 8. The van der Waals surface area contributed by atoms with Gasteiger partial charge in [0.25, 0.3) is 0 Å². The van der Waals surface area contributed by atoms with Gasteiger partial charge in [0.2, 0.25) is 0 Å². The molecule has 1 fully saturated rings. The van der Waals surface area contributed by atoms with Gasteiger partial charge in [0.05, 0.1) is 34.9 Å². The first-order valence-corrected chi connectivity index (χ1v) is 10.3. The highest BCUT2D eigenvalue weighted by Gasteiger charge is 2.29. The maximum absolute atomic E-state index is 4.80. The quantitative estimate of drug-likeness (QED) is 0.475. The molecule has 0 spiro atoms. The van der Waals surface area contributed by atoms with Crippen LogP contribution in [0, 0.1) is 0 Å². The van der Waals surface area contributed by atoms with Crippen molar-refractivity contribution in [2.24, 2.45) is 14.1 Å². The summed E-state index contributed by atoms with van der Waals surface area (Å²) in [6, 6.07) is 14.1. The number of anilines is 2. The van der Waals surface area contributed by atoms with Crippen LogP contribution in [0.4, 0.5) is 11.6 Å². The number of benzene rings is 1. The summed E-state index contributed by atoms with van der Waals surface area (Å²) in [5.74, 6) is 2.07. The maximum Gasteiger partial charge on any atom is 0.162 e. The van der Waals surface area contributed by atoms with Gasteiger partial charge in [-0.15, -0.1) is 5.10 Å². The molecule has 1 saturated carbocycles. The molecule has 0 unspecified atom stereocenters. The first-order chi connectivity index (χ1) is 15.2. The van der Waals surface area contributed by atoms with Gasteiger partial charge in [-0.25, -0.2) is 9.67 Å². The zero-order valence-electron chi connectivity index (χ0n) is 17.3. The van der Waals surface area contributed by atoms with Crippen molar-refractivity contribution in [1.82, 2.24) is 39.5 Å². The Hall–Kier alpha value is -4.01. The minimum atomic E-state index is 0.525. The number of aryl methyl sites for hydroxylation is 2. The van der Waals surface area contributed by atoms with E-state index in [0.29, 0.717) is 11.7 Å². The van der Waals surface area contributed by atoms with Crippen LogP contribution in [-0.4, -0.2) is 39.5 Å². The molecule has 6 rings (SSSR count). The standard InChI is InChI=1S/C22H21N9/c1-29-21(10-17(27-29)14-6-4-3-5-7-14)25-20-11-18(16-12-24-30(2)22(16)26-20)31-19(13-23-28-31)15-8-9-15/h3-7,10-13,15H,8-9H2,1-2H3,(H,25,26). The summed E-state index contributed by atoms with van der Waals surface area (Å²) in [5, 5.41) is 22.0.